The Kier molecular flexibility index (Phi) is 4.63. The van der Waals surface area contributed by atoms with Crippen LogP contribution in [-0.2, 0) is 11.3 Å². The molecule has 1 aliphatic rings. The maximum atomic E-state index is 6.23. The Labute approximate surface area is 138 Å². The van der Waals surface area contributed by atoms with Crippen molar-refractivity contribution < 1.29 is 9.26 Å². The highest BCUT2D eigenvalue weighted by atomic mass is 35.5. The number of nitrogens with zero attached hydrogens (tertiary/aromatic N) is 4. The second-order valence-corrected chi connectivity index (χ2v) is 6.10. The second-order valence-electron chi connectivity index (χ2n) is 5.25. The fourth-order valence-corrected chi connectivity index (χ4v) is 3.04. The SMILES string of the molecule is Cc1noc([C@@H]2[C@@H](C)OCCN2Cc2ncc(Cl)cc2Cl)n1. The highest BCUT2D eigenvalue weighted by Crippen LogP contribution is 2.31. The molecular weight excluding hydrogens is 327 g/mol. The predicted octanol–water partition coefficient (Wildman–Crippen LogP) is 3.04. The van der Waals surface area contributed by atoms with Crippen molar-refractivity contribution in [3.63, 3.8) is 0 Å². The van der Waals surface area contributed by atoms with Gasteiger partial charge in [-0.25, -0.2) is 0 Å². The Hall–Kier alpha value is -1.21. The first-order chi connectivity index (χ1) is 10.5. The van der Waals surface area contributed by atoms with Crippen molar-refractivity contribution in [2.24, 2.45) is 0 Å². The Balaban J connectivity index is 1.86. The summed E-state index contributed by atoms with van der Waals surface area (Å²) in [6, 6.07) is 1.57. The zero-order valence-corrected chi connectivity index (χ0v) is 13.8. The first-order valence-corrected chi connectivity index (χ1v) is 7.76. The standard InChI is InChI=1S/C14H16Cl2N4O2/c1-8-13(14-18-9(2)19-22-14)20(3-4-21-8)7-12-11(16)5-10(15)6-17-12/h5-6,8,13H,3-4,7H2,1-2H3/t8-,13+/m1/s1. The van der Waals surface area contributed by atoms with E-state index in [9.17, 15) is 0 Å². The molecule has 8 heteroatoms. The van der Waals surface area contributed by atoms with Crippen LogP contribution in [0.2, 0.25) is 10.0 Å². The highest BCUT2D eigenvalue weighted by Gasteiger charge is 2.35. The maximum absolute atomic E-state index is 6.23. The molecule has 0 aromatic carbocycles. The summed E-state index contributed by atoms with van der Waals surface area (Å²) >= 11 is 12.1. The Morgan fingerprint density at radius 3 is 2.91 bits per heavy atom. The van der Waals surface area contributed by atoms with E-state index < -0.39 is 0 Å². The van der Waals surface area contributed by atoms with E-state index in [1.807, 2.05) is 6.92 Å². The summed E-state index contributed by atoms with van der Waals surface area (Å²) in [5, 5.41) is 4.94. The third-order valence-electron chi connectivity index (χ3n) is 3.63. The molecule has 0 bridgehead atoms. The van der Waals surface area contributed by atoms with Gasteiger partial charge in [0.05, 0.1) is 28.5 Å². The van der Waals surface area contributed by atoms with Crippen molar-refractivity contribution in [2.75, 3.05) is 13.2 Å². The van der Waals surface area contributed by atoms with Gasteiger partial charge in [0.15, 0.2) is 5.82 Å². The molecule has 22 heavy (non-hydrogen) atoms. The lowest BCUT2D eigenvalue weighted by Gasteiger charge is -2.37. The Morgan fingerprint density at radius 1 is 1.41 bits per heavy atom. The Morgan fingerprint density at radius 2 is 2.23 bits per heavy atom. The highest BCUT2D eigenvalue weighted by molar-refractivity contribution is 6.34. The summed E-state index contributed by atoms with van der Waals surface area (Å²) in [7, 11) is 0. The molecule has 1 saturated heterocycles. The maximum Gasteiger partial charge on any atom is 0.246 e. The summed E-state index contributed by atoms with van der Waals surface area (Å²) < 4.78 is 11.1. The molecule has 0 spiro atoms. The van der Waals surface area contributed by atoms with Gasteiger partial charge in [-0.15, -0.1) is 0 Å². The van der Waals surface area contributed by atoms with Crippen LogP contribution in [0.3, 0.4) is 0 Å². The number of rotatable bonds is 3. The van der Waals surface area contributed by atoms with Gasteiger partial charge >= 0.3 is 0 Å². The van der Waals surface area contributed by atoms with Crippen molar-refractivity contribution in [2.45, 2.75) is 32.5 Å². The van der Waals surface area contributed by atoms with Gasteiger partial charge in [-0.2, -0.15) is 4.98 Å². The average Bonchev–Trinajstić information content (AvgIpc) is 2.88. The van der Waals surface area contributed by atoms with E-state index in [-0.39, 0.29) is 12.1 Å². The molecule has 0 unspecified atom stereocenters. The van der Waals surface area contributed by atoms with Crippen LogP contribution >= 0.6 is 23.2 Å². The molecule has 1 aliphatic heterocycles. The van der Waals surface area contributed by atoms with Gasteiger partial charge < -0.3 is 9.26 Å². The van der Waals surface area contributed by atoms with Gasteiger partial charge in [0.1, 0.15) is 6.04 Å². The van der Waals surface area contributed by atoms with Gasteiger partial charge in [-0.05, 0) is 19.9 Å². The fourth-order valence-electron chi connectivity index (χ4n) is 2.60. The molecular formula is C14H16Cl2N4O2. The number of hydrogen-bond acceptors (Lipinski definition) is 6. The van der Waals surface area contributed by atoms with Crippen molar-refractivity contribution in [3.8, 4) is 0 Å². The zero-order chi connectivity index (χ0) is 15.7. The van der Waals surface area contributed by atoms with Gasteiger partial charge in [0.25, 0.3) is 0 Å². The number of hydrogen-bond donors (Lipinski definition) is 0. The van der Waals surface area contributed by atoms with Crippen LogP contribution < -0.4 is 0 Å². The summed E-state index contributed by atoms with van der Waals surface area (Å²) in [6.07, 6.45) is 1.54. The molecule has 0 radical (unpaired) electrons. The average molecular weight is 343 g/mol. The summed E-state index contributed by atoms with van der Waals surface area (Å²) in [6.45, 7) is 5.72. The summed E-state index contributed by atoms with van der Waals surface area (Å²) in [4.78, 5) is 10.8. The molecule has 0 N–H and O–H groups in total. The number of morpholine rings is 1. The lowest BCUT2D eigenvalue weighted by molar-refractivity contribution is -0.0766. The molecule has 2 aromatic rings. The Bertz CT molecular complexity index is 664. The molecule has 2 atom stereocenters. The van der Waals surface area contributed by atoms with E-state index in [1.165, 1.54) is 0 Å². The smallest absolute Gasteiger partial charge is 0.246 e. The van der Waals surface area contributed by atoms with E-state index in [0.717, 1.165) is 12.2 Å². The second kappa shape index (κ2) is 6.50. The van der Waals surface area contributed by atoms with E-state index in [4.69, 9.17) is 32.5 Å². The molecule has 118 valence electrons. The minimum atomic E-state index is -0.122. The summed E-state index contributed by atoms with van der Waals surface area (Å²) in [5.41, 5.74) is 0.765. The van der Waals surface area contributed by atoms with Crippen molar-refractivity contribution >= 4 is 23.2 Å². The normalized spacial score (nSPS) is 22.9. The first kappa shape index (κ1) is 15.7. The minimum Gasteiger partial charge on any atom is -0.375 e. The fraction of sp³-hybridized carbons (Fsp3) is 0.500. The van der Waals surface area contributed by atoms with Gasteiger partial charge in [0, 0.05) is 19.3 Å². The topological polar surface area (TPSA) is 64.3 Å². The number of pyridine rings is 1. The van der Waals surface area contributed by atoms with Crippen LogP contribution in [0, 0.1) is 6.92 Å². The largest absolute Gasteiger partial charge is 0.375 e. The molecule has 3 heterocycles. The van der Waals surface area contributed by atoms with E-state index in [1.54, 1.807) is 19.2 Å². The number of aromatic nitrogens is 3. The van der Waals surface area contributed by atoms with E-state index >= 15 is 0 Å². The third-order valence-corrected chi connectivity index (χ3v) is 4.16. The van der Waals surface area contributed by atoms with Crippen molar-refractivity contribution in [3.05, 3.63) is 39.7 Å². The van der Waals surface area contributed by atoms with Crippen LogP contribution in [0.1, 0.15) is 30.4 Å². The molecule has 2 aromatic heterocycles. The number of halogens is 2. The number of aryl methyl sites for hydroxylation is 1. The summed E-state index contributed by atoms with van der Waals surface area (Å²) in [5.74, 6) is 1.16. The quantitative estimate of drug-likeness (QED) is 0.854. The van der Waals surface area contributed by atoms with Gasteiger partial charge in [-0.1, -0.05) is 28.4 Å². The van der Waals surface area contributed by atoms with Crippen LogP contribution in [0.15, 0.2) is 16.8 Å². The lowest BCUT2D eigenvalue weighted by Crippen LogP contribution is -2.44. The predicted molar refractivity (Wildman–Crippen MR) is 81.9 cm³/mol. The molecule has 1 fully saturated rings. The number of ether oxygens (including phenoxy) is 1. The molecule has 0 aliphatic carbocycles. The van der Waals surface area contributed by atoms with Crippen LogP contribution in [0.25, 0.3) is 0 Å². The van der Waals surface area contributed by atoms with Gasteiger partial charge in [-0.3, -0.25) is 9.88 Å². The van der Waals surface area contributed by atoms with Crippen molar-refractivity contribution in [1.82, 2.24) is 20.0 Å². The molecule has 0 saturated carbocycles. The lowest BCUT2D eigenvalue weighted by atomic mass is 10.1. The van der Waals surface area contributed by atoms with Crippen LogP contribution in [-0.4, -0.2) is 39.3 Å². The van der Waals surface area contributed by atoms with Crippen LogP contribution in [0.5, 0.6) is 0 Å². The zero-order valence-electron chi connectivity index (χ0n) is 12.3. The van der Waals surface area contributed by atoms with E-state index in [0.29, 0.717) is 34.9 Å². The van der Waals surface area contributed by atoms with Crippen molar-refractivity contribution in [1.29, 1.82) is 0 Å². The molecule has 3 rings (SSSR count). The van der Waals surface area contributed by atoms with E-state index in [2.05, 4.69) is 20.0 Å². The molecule has 0 amide bonds. The molecule has 6 nitrogen and oxygen atoms in total. The van der Waals surface area contributed by atoms with Crippen LogP contribution in [0.4, 0.5) is 0 Å². The monoisotopic (exact) mass is 342 g/mol. The first-order valence-electron chi connectivity index (χ1n) is 7.00. The minimum absolute atomic E-state index is 0.0559. The third kappa shape index (κ3) is 3.25. The van der Waals surface area contributed by atoms with Gasteiger partial charge in [0.2, 0.25) is 5.89 Å².